The zero-order valence-electron chi connectivity index (χ0n) is 17.0. The van der Waals surface area contributed by atoms with Crippen LogP contribution in [0.15, 0.2) is 65.5 Å². The Morgan fingerprint density at radius 1 is 0.967 bits per heavy atom. The summed E-state index contributed by atoms with van der Waals surface area (Å²) in [5.41, 5.74) is 2.20. The van der Waals surface area contributed by atoms with E-state index in [0.717, 1.165) is 37.9 Å². The zero-order valence-corrected chi connectivity index (χ0v) is 17.0. The quantitative estimate of drug-likeness (QED) is 0.686. The largest absolute Gasteiger partial charge is 0.343 e. The summed E-state index contributed by atoms with van der Waals surface area (Å²) in [5.74, 6) is 1.15. The highest BCUT2D eigenvalue weighted by atomic mass is 16.2. The Morgan fingerprint density at radius 2 is 1.63 bits per heavy atom. The highest BCUT2D eigenvalue weighted by molar-refractivity contribution is 5.76. The number of carbonyl (C=O) groups is 1. The van der Waals surface area contributed by atoms with Gasteiger partial charge in [0.2, 0.25) is 5.91 Å². The maximum Gasteiger partial charge on any atom is 0.273 e. The van der Waals surface area contributed by atoms with E-state index in [9.17, 15) is 9.59 Å². The summed E-state index contributed by atoms with van der Waals surface area (Å²) < 4.78 is 0. The molecule has 1 aromatic heterocycles. The summed E-state index contributed by atoms with van der Waals surface area (Å²) in [7, 11) is 0. The third kappa shape index (κ3) is 5.00. The van der Waals surface area contributed by atoms with Gasteiger partial charge in [-0.1, -0.05) is 60.7 Å². The fourth-order valence-electron chi connectivity index (χ4n) is 3.97. The molecule has 2 heterocycles. The molecule has 0 atom stereocenters. The van der Waals surface area contributed by atoms with E-state index in [1.807, 2.05) is 41.3 Å². The maximum absolute atomic E-state index is 12.6. The normalized spacial score (nSPS) is 14.6. The van der Waals surface area contributed by atoms with E-state index in [4.69, 9.17) is 0 Å². The van der Waals surface area contributed by atoms with Gasteiger partial charge in [0.15, 0.2) is 5.82 Å². The van der Waals surface area contributed by atoms with Crippen molar-refractivity contribution in [3.63, 3.8) is 0 Å². The lowest BCUT2D eigenvalue weighted by Gasteiger charge is -2.32. The molecule has 0 radical (unpaired) electrons. The van der Waals surface area contributed by atoms with Gasteiger partial charge in [-0.25, -0.2) is 0 Å². The number of hydrogen-bond donors (Lipinski definition) is 1. The van der Waals surface area contributed by atoms with Crippen molar-refractivity contribution in [1.82, 2.24) is 20.1 Å². The van der Waals surface area contributed by atoms with Crippen LogP contribution in [0.25, 0.3) is 11.4 Å². The summed E-state index contributed by atoms with van der Waals surface area (Å²) in [4.78, 5) is 29.6. The molecule has 0 saturated carbocycles. The number of likely N-dealkylation sites (tertiary alicyclic amines) is 1. The van der Waals surface area contributed by atoms with E-state index in [2.05, 4.69) is 39.4 Å². The SMILES string of the molecule is O=C(CCc1nnc(-c2ccccc2)[nH]c1=O)N1CCC(Cc2ccccc2)CC1. The van der Waals surface area contributed by atoms with Gasteiger partial charge in [-0.2, -0.15) is 0 Å². The van der Waals surface area contributed by atoms with E-state index < -0.39 is 0 Å². The Balaban J connectivity index is 1.27. The van der Waals surface area contributed by atoms with Crippen LogP contribution in [0.4, 0.5) is 0 Å². The number of aromatic nitrogens is 3. The highest BCUT2D eigenvalue weighted by Gasteiger charge is 2.23. The number of aromatic amines is 1. The predicted molar refractivity (Wildman–Crippen MR) is 116 cm³/mol. The second kappa shape index (κ2) is 9.48. The average molecular weight is 402 g/mol. The molecule has 1 aliphatic rings. The van der Waals surface area contributed by atoms with E-state index in [1.165, 1.54) is 5.56 Å². The number of benzene rings is 2. The molecule has 1 fully saturated rings. The molecule has 2 aromatic carbocycles. The minimum atomic E-state index is -0.279. The molecule has 30 heavy (non-hydrogen) atoms. The predicted octanol–water partition coefficient (Wildman–Crippen LogP) is 3.25. The van der Waals surface area contributed by atoms with Gasteiger partial charge in [0, 0.05) is 31.5 Å². The van der Waals surface area contributed by atoms with Gasteiger partial charge in [-0.3, -0.25) is 9.59 Å². The fourth-order valence-corrected chi connectivity index (χ4v) is 3.97. The number of nitrogens with one attached hydrogen (secondary N) is 1. The van der Waals surface area contributed by atoms with Crippen LogP contribution in [0, 0.1) is 5.92 Å². The molecule has 4 rings (SSSR count). The van der Waals surface area contributed by atoms with Crippen LogP contribution in [0.1, 0.15) is 30.5 Å². The number of rotatable bonds is 6. The lowest BCUT2D eigenvalue weighted by atomic mass is 9.90. The number of hydrogen-bond acceptors (Lipinski definition) is 4. The van der Waals surface area contributed by atoms with Gasteiger partial charge >= 0.3 is 0 Å². The third-order valence-electron chi connectivity index (χ3n) is 5.72. The molecular formula is C24H26N4O2. The average Bonchev–Trinajstić information content (AvgIpc) is 2.80. The first-order valence-electron chi connectivity index (χ1n) is 10.5. The minimum absolute atomic E-state index is 0.0847. The zero-order chi connectivity index (χ0) is 20.8. The number of nitrogens with zero attached hydrogens (tertiary/aromatic N) is 3. The number of carbonyl (C=O) groups excluding carboxylic acids is 1. The molecule has 154 valence electrons. The Kier molecular flexibility index (Phi) is 6.32. The second-order valence-electron chi connectivity index (χ2n) is 7.83. The molecule has 0 aliphatic carbocycles. The van der Waals surface area contributed by atoms with Crippen LogP contribution in [-0.4, -0.2) is 39.1 Å². The van der Waals surface area contributed by atoms with E-state index >= 15 is 0 Å². The lowest BCUT2D eigenvalue weighted by Crippen LogP contribution is -2.39. The number of piperidine rings is 1. The van der Waals surface area contributed by atoms with Gasteiger partial charge < -0.3 is 9.88 Å². The van der Waals surface area contributed by atoms with Crippen LogP contribution >= 0.6 is 0 Å². The van der Waals surface area contributed by atoms with Crippen molar-refractivity contribution >= 4 is 5.91 Å². The molecule has 0 bridgehead atoms. The van der Waals surface area contributed by atoms with Crippen molar-refractivity contribution in [3.05, 3.63) is 82.3 Å². The standard InChI is InChI=1S/C24H26N4O2/c29-22(28-15-13-19(14-16-28)17-18-7-3-1-4-8-18)12-11-21-24(30)25-23(27-26-21)20-9-5-2-6-10-20/h1-10,19H,11-17H2,(H,25,27,30). The Morgan fingerprint density at radius 3 is 2.30 bits per heavy atom. The first-order valence-corrected chi connectivity index (χ1v) is 10.5. The number of H-pyrrole nitrogens is 1. The molecule has 0 spiro atoms. The molecular weight excluding hydrogens is 376 g/mol. The smallest absolute Gasteiger partial charge is 0.273 e. The lowest BCUT2D eigenvalue weighted by molar-refractivity contribution is -0.132. The number of amides is 1. The topological polar surface area (TPSA) is 79.0 Å². The highest BCUT2D eigenvalue weighted by Crippen LogP contribution is 2.22. The molecule has 1 aliphatic heterocycles. The van der Waals surface area contributed by atoms with Crippen LogP contribution < -0.4 is 5.56 Å². The summed E-state index contributed by atoms with van der Waals surface area (Å²) in [5, 5.41) is 8.19. The molecule has 3 aromatic rings. The van der Waals surface area contributed by atoms with Gasteiger partial charge in [0.1, 0.15) is 5.69 Å². The van der Waals surface area contributed by atoms with Gasteiger partial charge in [0.25, 0.3) is 5.56 Å². The Labute approximate surface area is 176 Å². The third-order valence-corrected chi connectivity index (χ3v) is 5.72. The van der Waals surface area contributed by atoms with Gasteiger partial charge in [-0.15, -0.1) is 10.2 Å². The molecule has 6 heteroatoms. The Bertz CT molecular complexity index is 1030. The van der Waals surface area contributed by atoms with Crippen molar-refractivity contribution in [2.75, 3.05) is 13.1 Å². The van der Waals surface area contributed by atoms with Crippen molar-refractivity contribution in [1.29, 1.82) is 0 Å². The van der Waals surface area contributed by atoms with E-state index in [0.29, 0.717) is 23.9 Å². The van der Waals surface area contributed by atoms with Crippen molar-refractivity contribution < 1.29 is 4.79 Å². The summed E-state index contributed by atoms with van der Waals surface area (Å²) in [6, 6.07) is 19.9. The summed E-state index contributed by atoms with van der Waals surface area (Å²) >= 11 is 0. The number of aryl methyl sites for hydroxylation is 1. The summed E-state index contributed by atoms with van der Waals surface area (Å²) in [6.07, 6.45) is 3.70. The van der Waals surface area contributed by atoms with Crippen molar-refractivity contribution in [2.45, 2.75) is 32.1 Å². The minimum Gasteiger partial charge on any atom is -0.343 e. The molecule has 6 nitrogen and oxygen atoms in total. The van der Waals surface area contributed by atoms with Crippen molar-refractivity contribution in [3.8, 4) is 11.4 Å². The monoisotopic (exact) mass is 402 g/mol. The van der Waals surface area contributed by atoms with Crippen LogP contribution in [0.5, 0.6) is 0 Å². The maximum atomic E-state index is 12.6. The van der Waals surface area contributed by atoms with Crippen LogP contribution in [0.3, 0.4) is 0 Å². The van der Waals surface area contributed by atoms with Gasteiger partial charge in [0.05, 0.1) is 0 Å². The van der Waals surface area contributed by atoms with Crippen LogP contribution in [-0.2, 0) is 17.6 Å². The Hall–Kier alpha value is -3.28. The van der Waals surface area contributed by atoms with Crippen LogP contribution in [0.2, 0.25) is 0 Å². The molecule has 1 amide bonds. The first-order chi connectivity index (χ1) is 14.7. The molecule has 1 N–H and O–H groups in total. The molecule has 1 saturated heterocycles. The van der Waals surface area contributed by atoms with E-state index in [-0.39, 0.29) is 17.9 Å². The molecule has 0 unspecified atom stereocenters. The first kappa shape index (κ1) is 20.0. The van der Waals surface area contributed by atoms with Crippen molar-refractivity contribution in [2.24, 2.45) is 5.92 Å². The second-order valence-corrected chi connectivity index (χ2v) is 7.83. The summed E-state index contributed by atoms with van der Waals surface area (Å²) in [6.45, 7) is 1.57. The van der Waals surface area contributed by atoms with E-state index in [1.54, 1.807) is 0 Å². The van der Waals surface area contributed by atoms with Gasteiger partial charge in [-0.05, 0) is 30.7 Å². The fraction of sp³-hybridized carbons (Fsp3) is 0.333.